The van der Waals surface area contributed by atoms with E-state index in [1.807, 2.05) is 37.3 Å². The number of rotatable bonds is 4. The van der Waals surface area contributed by atoms with E-state index in [4.69, 9.17) is 10.00 Å². The van der Waals surface area contributed by atoms with Gasteiger partial charge in [-0.25, -0.2) is 0 Å². The van der Waals surface area contributed by atoms with Crippen LogP contribution >= 0.6 is 0 Å². The maximum atomic E-state index is 12.1. The molecule has 21 heavy (non-hydrogen) atoms. The van der Waals surface area contributed by atoms with Gasteiger partial charge in [-0.15, -0.1) is 0 Å². The number of hydrogen-bond acceptors (Lipinski definition) is 3. The first-order valence-corrected chi connectivity index (χ1v) is 6.63. The molecular formula is C17H16N2O2. The zero-order chi connectivity index (χ0) is 15.2. The third kappa shape index (κ3) is 4.08. The summed E-state index contributed by atoms with van der Waals surface area (Å²) in [4.78, 5) is 12.1. The van der Waals surface area contributed by atoms with Gasteiger partial charge in [0.2, 0.25) is 0 Å². The van der Waals surface area contributed by atoms with Crippen LogP contribution in [-0.2, 0) is 4.79 Å². The lowest BCUT2D eigenvalue weighted by Gasteiger charge is -2.15. The molecular weight excluding hydrogens is 264 g/mol. The minimum Gasteiger partial charge on any atom is -0.481 e. The summed E-state index contributed by atoms with van der Waals surface area (Å²) in [5, 5.41) is 11.5. The lowest BCUT2D eigenvalue weighted by Crippen LogP contribution is -2.30. The number of benzene rings is 2. The molecule has 0 spiro atoms. The first kappa shape index (κ1) is 14.6. The number of nitriles is 1. The van der Waals surface area contributed by atoms with Gasteiger partial charge in [-0.1, -0.05) is 12.1 Å². The lowest BCUT2D eigenvalue weighted by molar-refractivity contribution is -0.122. The second-order valence-electron chi connectivity index (χ2n) is 4.75. The molecule has 106 valence electrons. The Morgan fingerprint density at radius 3 is 2.57 bits per heavy atom. The smallest absolute Gasteiger partial charge is 0.265 e. The quantitative estimate of drug-likeness (QED) is 0.935. The summed E-state index contributed by atoms with van der Waals surface area (Å²) in [6, 6.07) is 16.3. The Morgan fingerprint density at radius 2 is 1.95 bits per heavy atom. The van der Waals surface area contributed by atoms with Crippen LogP contribution in [0.15, 0.2) is 48.5 Å². The highest BCUT2D eigenvalue weighted by atomic mass is 16.5. The van der Waals surface area contributed by atoms with Crippen LogP contribution in [-0.4, -0.2) is 12.0 Å². The molecule has 0 saturated heterocycles. The third-order valence-corrected chi connectivity index (χ3v) is 2.95. The van der Waals surface area contributed by atoms with Gasteiger partial charge >= 0.3 is 0 Å². The summed E-state index contributed by atoms with van der Waals surface area (Å²) < 4.78 is 5.56. The van der Waals surface area contributed by atoms with Gasteiger partial charge in [0.25, 0.3) is 5.91 Å². The molecule has 2 rings (SSSR count). The molecule has 4 nitrogen and oxygen atoms in total. The van der Waals surface area contributed by atoms with Gasteiger partial charge < -0.3 is 10.1 Å². The van der Waals surface area contributed by atoms with Crippen molar-refractivity contribution in [1.82, 2.24) is 0 Å². The largest absolute Gasteiger partial charge is 0.481 e. The number of carbonyl (C=O) groups excluding carboxylic acids is 1. The summed E-state index contributed by atoms with van der Waals surface area (Å²) >= 11 is 0. The zero-order valence-corrected chi connectivity index (χ0v) is 12.0. The number of hydrogen-bond donors (Lipinski definition) is 1. The fraction of sp³-hybridized carbons (Fsp3) is 0.176. The van der Waals surface area contributed by atoms with Crippen molar-refractivity contribution in [3.05, 3.63) is 59.7 Å². The van der Waals surface area contributed by atoms with E-state index in [9.17, 15) is 4.79 Å². The van der Waals surface area contributed by atoms with Gasteiger partial charge in [0.1, 0.15) is 5.75 Å². The maximum Gasteiger partial charge on any atom is 0.265 e. The standard InChI is InChI=1S/C17H16N2O2/c1-12-4-3-5-15(10-12)19-17(20)13(2)21-16-8-6-14(11-18)7-9-16/h3-10,13H,1-2H3,(H,19,20)/t13-/m1/s1. The highest BCUT2D eigenvalue weighted by Gasteiger charge is 2.14. The number of anilines is 1. The molecule has 0 bridgehead atoms. The molecule has 0 aliphatic rings. The molecule has 0 saturated carbocycles. The van der Waals surface area contributed by atoms with E-state index in [-0.39, 0.29) is 5.91 Å². The fourth-order valence-corrected chi connectivity index (χ4v) is 1.83. The summed E-state index contributed by atoms with van der Waals surface area (Å²) in [7, 11) is 0. The van der Waals surface area contributed by atoms with Crippen molar-refractivity contribution in [3.8, 4) is 11.8 Å². The third-order valence-electron chi connectivity index (χ3n) is 2.95. The molecule has 1 N–H and O–H groups in total. The number of ether oxygens (including phenoxy) is 1. The number of nitrogens with zero attached hydrogens (tertiary/aromatic N) is 1. The second-order valence-corrected chi connectivity index (χ2v) is 4.75. The number of amides is 1. The van der Waals surface area contributed by atoms with Crippen molar-refractivity contribution >= 4 is 11.6 Å². The number of aryl methyl sites for hydroxylation is 1. The van der Waals surface area contributed by atoms with Crippen molar-refractivity contribution < 1.29 is 9.53 Å². The van der Waals surface area contributed by atoms with Crippen molar-refractivity contribution in [2.24, 2.45) is 0 Å². The fourth-order valence-electron chi connectivity index (χ4n) is 1.83. The van der Waals surface area contributed by atoms with Crippen molar-refractivity contribution in [2.45, 2.75) is 20.0 Å². The van der Waals surface area contributed by atoms with Crippen LogP contribution in [0.3, 0.4) is 0 Å². The van der Waals surface area contributed by atoms with Crippen LogP contribution in [0.2, 0.25) is 0 Å². The number of nitrogens with one attached hydrogen (secondary N) is 1. The molecule has 0 aromatic heterocycles. The minimum absolute atomic E-state index is 0.218. The van der Waals surface area contributed by atoms with E-state index in [0.717, 1.165) is 11.3 Å². The van der Waals surface area contributed by atoms with E-state index in [1.54, 1.807) is 31.2 Å². The molecule has 0 aliphatic heterocycles. The molecule has 0 aliphatic carbocycles. The summed E-state index contributed by atoms with van der Waals surface area (Å²) in [6.45, 7) is 3.65. The average Bonchev–Trinajstić information content (AvgIpc) is 2.48. The molecule has 0 heterocycles. The van der Waals surface area contributed by atoms with Crippen LogP contribution in [0, 0.1) is 18.3 Å². The summed E-state index contributed by atoms with van der Waals surface area (Å²) in [6.07, 6.45) is -0.626. The predicted octanol–water partition coefficient (Wildman–Crippen LogP) is 3.27. The van der Waals surface area contributed by atoms with E-state index >= 15 is 0 Å². The van der Waals surface area contributed by atoms with Crippen molar-refractivity contribution in [3.63, 3.8) is 0 Å². The summed E-state index contributed by atoms with van der Waals surface area (Å²) in [5.41, 5.74) is 2.38. The van der Waals surface area contributed by atoms with Gasteiger partial charge in [0.15, 0.2) is 6.10 Å². The lowest BCUT2D eigenvalue weighted by atomic mass is 10.2. The van der Waals surface area contributed by atoms with Crippen LogP contribution in [0.4, 0.5) is 5.69 Å². The molecule has 1 amide bonds. The second kappa shape index (κ2) is 6.58. The Morgan fingerprint density at radius 1 is 1.24 bits per heavy atom. The van der Waals surface area contributed by atoms with Gasteiger partial charge in [0, 0.05) is 5.69 Å². The molecule has 0 fully saturated rings. The van der Waals surface area contributed by atoms with Crippen molar-refractivity contribution in [1.29, 1.82) is 5.26 Å². The molecule has 1 atom stereocenters. The van der Waals surface area contributed by atoms with Crippen molar-refractivity contribution in [2.75, 3.05) is 5.32 Å². The molecule has 0 unspecified atom stereocenters. The molecule has 0 radical (unpaired) electrons. The predicted molar refractivity (Wildman–Crippen MR) is 81.1 cm³/mol. The monoisotopic (exact) mass is 280 g/mol. The minimum atomic E-state index is -0.626. The Labute approximate surface area is 124 Å². The molecule has 4 heteroatoms. The topological polar surface area (TPSA) is 62.1 Å². The maximum absolute atomic E-state index is 12.1. The van der Waals surface area contributed by atoms with E-state index in [2.05, 4.69) is 5.32 Å². The van der Waals surface area contributed by atoms with E-state index in [0.29, 0.717) is 11.3 Å². The SMILES string of the molecule is Cc1cccc(NC(=O)[C@@H](C)Oc2ccc(C#N)cc2)c1. The molecule has 2 aromatic rings. The number of carbonyl (C=O) groups is 1. The van der Waals surface area contributed by atoms with Crippen LogP contribution in [0.1, 0.15) is 18.1 Å². The Bertz CT molecular complexity index is 672. The highest BCUT2D eigenvalue weighted by Crippen LogP contribution is 2.15. The van der Waals surface area contributed by atoms with Gasteiger partial charge in [0.05, 0.1) is 11.6 Å². The van der Waals surface area contributed by atoms with Gasteiger partial charge in [-0.2, -0.15) is 5.26 Å². The van der Waals surface area contributed by atoms with Crippen LogP contribution in [0.25, 0.3) is 0 Å². The van der Waals surface area contributed by atoms with E-state index in [1.165, 1.54) is 0 Å². The van der Waals surface area contributed by atoms with Gasteiger partial charge in [-0.05, 0) is 55.8 Å². The average molecular weight is 280 g/mol. The Kier molecular flexibility index (Phi) is 4.57. The Balaban J connectivity index is 1.97. The first-order chi connectivity index (χ1) is 10.1. The van der Waals surface area contributed by atoms with Crippen LogP contribution in [0.5, 0.6) is 5.75 Å². The zero-order valence-electron chi connectivity index (χ0n) is 12.0. The highest BCUT2D eigenvalue weighted by molar-refractivity contribution is 5.94. The normalized spacial score (nSPS) is 11.3. The molecule has 2 aromatic carbocycles. The Hall–Kier alpha value is -2.80. The van der Waals surface area contributed by atoms with Gasteiger partial charge in [-0.3, -0.25) is 4.79 Å². The first-order valence-electron chi connectivity index (χ1n) is 6.63. The van der Waals surface area contributed by atoms with Crippen LogP contribution < -0.4 is 10.1 Å². The summed E-state index contributed by atoms with van der Waals surface area (Å²) in [5.74, 6) is 0.339. The van der Waals surface area contributed by atoms with E-state index < -0.39 is 6.10 Å².